The molecule has 4 rings (SSSR count). The number of aliphatic hydroxyl groups excluding tert-OH is 1. The number of benzene rings is 1. The van der Waals surface area contributed by atoms with Crippen molar-refractivity contribution in [2.45, 2.75) is 109 Å². The van der Waals surface area contributed by atoms with E-state index in [0.717, 1.165) is 44.1 Å². The molecular formula is C41H65N7O7. The maximum absolute atomic E-state index is 14.5. The summed E-state index contributed by atoms with van der Waals surface area (Å²) in [4.78, 5) is 68.6. The number of carbonyl (C=O) groups is 4. The minimum absolute atomic E-state index is 0.0915. The van der Waals surface area contributed by atoms with E-state index in [9.17, 15) is 24.3 Å². The van der Waals surface area contributed by atoms with E-state index < -0.39 is 42.2 Å². The summed E-state index contributed by atoms with van der Waals surface area (Å²) in [6.07, 6.45) is 9.51. The molecule has 2 aliphatic rings. The first-order chi connectivity index (χ1) is 26.5. The highest BCUT2D eigenvalue weighted by molar-refractivity contribution is 5.90. The van der Waals surface area contributed by atoms with E-state index in [1.807, 2.05) is 30.3 Å². The summed E-state index contributed by atoms with van der Waals surface area (Å²) in [5.74, 6) is -0.189. The number of aromatic nitrogens is 2. The molecule has 1 aliphatic heterocycles. The lowest BCUT2D eigenvalue weighted by Gasteiger charge is -2.35. The van der Waals surface area contributed by atoms with Crippen LogP contribution < -0.4 is 5.32 Å². The molecule has 0 radical (unpaired) electrons. The van der Waals surface area contributed by atoms with E-state index in [4.69, 9.17) is 9.47 Å². The number of aromatic amines is 1. The van der Waals surface area contributed by atoms with Gasteiger partial charge in [-0.1, -0.05) is 89.1 Å². The Morgan fingerprint density at radius 3 is 2.29 bits per heavy atom. The van der Waals surface area contributed by atoms with Crippen LogP contribution in [0.3, 0.4) is 0 Å². The largest absolute Gasteiger partial charge is 0.436 e. The van der Waals surface area contributed by atoms with Crippen LogP contribution in [0, 0.1) is 11.8 Å². The molecule has 14 nitrogen and oxygen atoms in total. The van der Waals surface area contributed by atoms with E-state index in [1.54, 1.807) is 37.1 Å². The van der Waals surface area contributed by atoms with Crippen LogP contribution in [-0.2, 0) is 31.9 Å². The molecule has 3 N–H and O–H groups in total. The van der Waals surface area contributed by atoms with Gasteiger partial charge in [-0.25, -0.2) is 14.6 Å². The van der Waals surface area contributed by atoms with Crippen LogP contribution in [0.4, 0.5) is 9.59 Å². The van der Waals surface area contributed by atoms with Gasteiger partial charge in [0.05, 0.1) is 37.4 Å². The Balaban J connectivity index is 1.52. The van der Waals surface area contributed by atoms with Crippen LogP contribution in [0.15, 0.2) is 42.9 Å². The number of morpholine rings is 1. The average Bonchev–Trinajstić information content (AvgIpc) is 3.74. The first-order valence-corrected chi connectivity index (χ1v) is 20.3. The molecule has 14 heteroatoms. The fraction of sp³-hybridized carbons (Fsp3) is 0.683. The number of nitrogens with one attached hydrogen (secondary N) is 2. The van der Waals surface area contributed by atoms with Gasteiger partial charge in [0.25, 0.3) is 5.91 Å². The second-order valence-corrected chi connectivity index (χ2v) is 15.4. The van der Waals surface area contributed by atoms with Gasteiger partial charge in [-0.15, -0.1) is 0 Å². The van der Waals surface area contributed by atoms with E-state index >= 15 is 0 Å². The number of imidazole rings is 1. The number of urea groups is 1. The van der Waals surface area contributed by atoms with E-state index in [2.05, 4.69) is 29.1 Å². The summed E-state index contributed by atoms with van der Waals surface area (Å²) in [5, 5.41) is 14.8. The van der Waals surface area contributed by atoms with Crippen molar-refractivity contribution in [2.75, 3.05) is 60.5 Å². The van der Waals surface area contributed by atoms with E-state index in [0.29, 0.717) is 56.7 Å². The number of hydrogen-bond donors (Lipinski definition) is 3. The van der Waals surface area contributed by atoms with Crippen molar-refractivity contribution in [1.29, 1.82) is 0 Å². The third-order valence-corrected chi connectivity index (χ3v) is 11.4. The zero-order valence-corrected chi connectivity index (χ0v) is 33.7. The van der Waals surface area contributed by atoms with Gasteiger partial charge in [-0.05, 0) is 30.2 Å². The maximum atomic E-state index is 14.5. The lowest BCUT2D eigenvalue weighted by molar-refractivity contribution is -0.146. The van der Waals surface area contributed by atoms with Crippen molar-refractivity contribution in [3.63, 3.8) is 0 Å². The number of nitrogens with zero attached hydrogens (tertiary/aromatic N) is 5. The summed E-state index contributed by atoms with van der Waals surface area (Å²) < 4.78 is 11.3. The normalized spacial score (nSPS) is 17.2. The molecule has 1 saturated heterocycles. The molecule has 2 heterocycles. The van der Waals surface area contributed by atoms with Crippen molar-refractivity contribution < 1.29 is 33.8 Å². The Morgan fingerprint density at radius 2 is 1.65 bits per heavy atom. The Labute approximate surface area is 327 Å². The van der Waals surface area contributed by atoms with Crippen molar-refractivity contribution in [2.24, 2.45) is 11.8 Å². The number of amides is 5. The molecule has 1 saturated carbocycles. The van der Waals surface area contributed by atoms with Gasteiger partial charge in [-0.2, -0.15) is 0 Å². The summed E-state index contributed by atoms with van der Waals surface area (Å²) in [5.41, 5.74) is 1.37. The number of carbonyl (C=O) groups excluding carboxylic acids is 4. The second kappa shape index (κ2) is 22.4. The number of ether oxygens (including phenoxy) is 2. The summed E-state index contributed by atoms with van der Waals surface area (Å²) in [7, 11) is 4.80. The molecule has 1 aromatic heterocycles. The van der Waals surface area contributed by atoms with Crippen molar-refractivity contribution >= 4 is 23.9 Å². The summed E-state index contributed by atoms with van der Waals surface area (Å²) in [6, 6.07) is 7.66. The molecule has 0 bridgehead atoms. The summed E-state index contributed by atoms with van der Waals surface area (Å²) in [6.45, 7) is 6.69. The van der Waals surface area contributed by atoms with E-state index in [-0.39, 0.29) is 32.0 Å². The fourth-order valence-corrected chi connectivity index (χ4v) is 7.59. The number of hydrogen-bond acceptors (Lipinski definition) is 8. The van der Waals surface area contributed by atoms with Gasteiger partial charge >= 0.3 is 12.1 Å². The van der Waals surface area contributed by atoms with Crippen LogP contribution in [0.25, 0.3) is 0 Å². The van der Waals surface area contributed by atoms with Gasteiger partial charge in [0.15, 0.2) is 6.10 Å². The van der Waals surface area contributed by atoms with Gasteiger partial charge in [-0.3, -0.25) is 9.59 Å². The third-order valence-electron chi connectivity index (χ3n) is 11.4. The molecular weight excluding hydrogens is 702 g/mol. The zero-order valence-electron chi connectivity index (χ0n) is 33.7. The van der Waals surface area contributed by atoms with Crippen LogP contribution >= 0.6 is 0 Å². The van der Waals surface area contributed by atoms with E-state index in [1.165, 1.54) is 22.5 Å². The first-order valence-electron chi connectivity index (χ1n) is 20.3. The second-order valence-electron chi connectivity index (χ2n) is 15.4. The SMILES string of the molecule is CCC(CC)C[C@H](O)[C@H](CC1CCCCC1)NC(=O)[C@H](Cc1c[nH]cn1)N(C)C(=O)[C@H](Cc1ccccc1)OC(=O)N(C)CCN(C)C(=O)N1CCOCC1. The van der Waals surface area contributed by atoms with Crippen LogP contribution in [-0.4, -0.2) is 143 Å². The zero-order chi connectivity index (χ0) is 39.7. The minimum atomic E-state index is -1.25. The highest BCUT2D eigenvalue weighted by atomic mass is 16.6. The van der Waals surface area contributed by atoms with Crippen molar-refractivity contribution in [3.8, 4) is 0 Å². The predicted octanol–water partition coefficient (Wildman–Crippen LogP) is 4.49. The molecule has 0 spiro atoms. The summed E-state index contributed by atoms with van der Waals surface area (Å²) >= 11 is 0. The molecule has 0 unspecified atom stereocenters. The number of likely N-dealkylation sites (N-methyl/N-ethyl adjacent to an activating group) is 3. The van der Waals surface area contributed by atoms with Crippen molar-refractivity contribution in [3.05, 3.63) is 54.1 Å². The van der Waals surface area contributed by atoms with Crippen LogP contribution in [0.1, 0.15) is 82.9 Å². The molecule has 55 heavy (non-hydrogen) atoms. The molecule has 2 aromatic rings. The number of aliphatic hydroxyl groups is 1. The number of H-pyrrole nitrogens is 1. The maximum Gasteiger partial charge on any atom is 0.410 e. The molecule has 5 amide bonds. The highest BCUT2D eigenvalue weighted by Gasteiger charge is 2.37. The topological polar surface area (TPSA) is 161 Å². The molecule has 1 aliphatic carbocycles. The lowest BCUT2D eigenvalue weighted by atomic mass is 9.82. The molecule has 1 aromatic carbocycles. The van der Waals surface area contributed by atoms with Gasteiger partial charge in [0.2, 0.25) is 5.91 Å². The molecule has 2 fully saturated rings. The monoisotopic (exact) mass is 767 g/mol. The molecule has 4 atom stereocenters. The lowest BCUT2D eigenvalue weighted by Crippen LogP contribution is -2.56. The van der Waals surface area contributed by atoms with Gasteiger partial charge in [0.1, 0.15) is 6.04 Å². The van der Waals surface area contributed by atoms with Gasteiger partial charge in [0, 0.05) is 66.4 Å². The number of rotatable bonds is 19. The van der Waals surface area contributed by atoms with Crippen LogP contribution in [0.5, 0.6) is 0 Å². The third kappa shape index (κ3) is 13.5. The Hall–Kier alpha value is -4.17. The highest BCUT2D eigenvalue weighted by Crippen LogP contribution is 2.30. The average molecular weight is 768 g/mol. The first kappa shape index (κ1) is 43.6. The standard InChI is InChI=1S/C41H65N7O7/c1-6-30(7-2)25-36(49)34(24-31-14-10-8-11-15-31)44-38(50)35(27-33-28-42-29-43-33)47(5)39(51)37(26-32-16-12-9-13-17-32)55-41(53)46(4)19-18-45(3)40(52)48-20-22-54-23-21-48/h9,12-13,16-17,28-31,34-37,49H,6-8,10-11,14-15,18-27H2,1-5H3,(H,42,43)(H,44,50)/t34-,35-,36-,37-/m0/s1. The Bertz CT molecular complexity index is 1450. The minimum Gasteiger partial charge on any atom is -0.436 e. The van der Waals surface area contributed by atoms with Gasteiger partial charge < -0.3 is 44.5 Å². The fourth-order valence-electron chi connectivity index (χ4n) is 7.59. The Kier molecular flexibility index (Phi) is 17.7. The Morgan fingerprint density at radius 1 is 0.982 bits per heavy atom. The van der Waals surface area contributed by atoms with Crippen LogP contribution in [0.2, 0.25) is 0 Å². The predicted molar refractivity (Wildman–Crippen MR) is 210 cm³/mol. The smallest absolute Gasteiger partial charge is 0.410 e. The molecule has 306 valence electrons. The van der Waals surface area contributed by atoms with Crippen molar-refractivity contribution in [1.82, 2.24) is 34.9 Å². The quantitative estimate of drug-likeness (QED) is 0.189.